The van der Waals surface area contributed by atoms with Gasteiger partial charge < -0.3 is 5.73 Å². The van der Waals surface area contributed by atoms with Gasteiger partial charge in [0.05, 0.1) is 5.02 Å². The summed E-state index contributed by atoms with van der Waals surface area (Å²) in [5.74, 6) is 0. The van der Waals surface area contributed by atoms with Crippen LogP contribution >= 0.6 is 11.6 Å². The van der Waals surface area contributed by atoms with Crippen LogP contribution in [0.3, 0.4) is 0 Å². The van der Waals surface area contributed by atoms with Crippen molar-refractivity contribution in [3.8, 4) is 0 Å². The zero-order chi connectivity index (χ0) is 16.6. The number of aryl methyl sites for hydroxylation is 2. The summed E-state index contributed by atoms with van der Waals surface area (Å²) in [6.07, 6.45) is 2.61. The number of nitrogens with one attached hydrogen (secondary N) is 1. The fraction of sp³-hybridized carbons (Fsp3) is 0.294. The molecular formula is C17H19ClN2O2S. The summed E-state index contributed by atoms with van der Waals surface area (Å²) in [7, 11) is -3.68. The van der Waals surface area contributed by atoms with Gasteiger partial charge >= 0.3 is 0 Å². The maximum Gasteiger partial charge on any atom is 0.242 e. The minimum Gasteiger partial charge on any atom is -0.399 e. The molecule has 0 aliphatic heterocycles. The van der Waals surface area contributed by atoms with E-state index in [1.54, 1.807) is 18.2 Å². The molecule has 1 aliphatic rings. The third-order valence-electron chi connectivity index (χ3n) is 4.15. The minimum absolute atomic E-state index is 0.127. The van der Waals surface area contributed by atoms with Gasteiger partial charge in [-0.05, 0) is 67.1 Å². The van der Waals surface area contributed by atoms with Crippen molar-refractivity contribution < 1.29 is 8.42 Å². The first-order valence-corrected chi connectivity index (χ1v) is 9.40. The Morgan fingerprint density at radius 2 is 2.00 bits per heavy atom. The monoisotopic (exact) mass is 350 g/mol. The van der Waals surface area contributed by atoms with Crippen molar-refractivity contribution in [2.45, 2.75) is 37.1 Å². The van der Waals surface area contributed by atoms with Crippen LogP contribution in [0.1, 0.15) is 35.6 Å². The molecular weight excluding hydrogens is 332 g/mol. The van der Waals surface area contributed by atoms with Gasteiger partial charge in [-0.15, -0.1) is 0 Å². The maximum atomic E-state index is 12.7. The van der Waals surface area contributed by atoms with Crippen LogP contribution in [0.5, 0.6) is 0 Å². The van der Waals surface area contributed by atoms with Crippen LogP contribution in [0, 0.1) is 6.92 Å². The van der Waals surface area contributed by atoms with Gasteiger partial charge in [-0.25, -0.2) is 13.1 Å². The Hall–Kier alpha value is -1.56. The molecule has 0 amide bonds. The molecule has 3 N–H and O–H groups in total. The van der Waals surface area contributed by atoms with Crippen molar-refractivity contribution in [3.63, 3.8) is 0 Å². The number of halogens is 1. The van der Waals surface area contributed by atoms with Gasteiger partial charge in [0.2, 0.25) is 10.0 Å². The fourth-order valence-corrected chi connectivity index (χ4v) is 4.86. The molecule has 0 heterocycles. The highest BCUT2D eigenvalue weighted by molar-refractivity contribution is 7.89. The predicted octanol–water partition coefficient (Wildman–Crippen LogP) is 3.59. The molecule has 2 aromatic carbocycles. The standard InChI is InChI=1S/C17H19ClN2O2S/c1-11-5-8-15(18)17(9-11)23(21,22)20-16-4-2-3-12-10-13(19)6-7-14(12)16/h5-10,16,20H,2-4,19H2,1H3. The second-order valence-corrected chi connectivity index (χ2v) is 8.05. The van der Waals surface area contributed by atoms with Gasteiger partial charge in [0, 0.05) is 11.7 Å². The molecule has 3 rings (SSSR count). The van der Waals surface area contributed by atoms with Crippen LogP contribution in [0.2, 0.25) is 5.02 Å². The summed E-state index contributed by atoms with van der Waals surface area (Å²) in [5, 5.41) is 0.233. The number of nitrogens with two attached hydrogens (primary N) is 1. The van der Waals surface area contributed by atoms with Crippen molar-refractivity contribution in [1.29, 1.82) is 0 Å². The number of rotatable bonds is 3. The molecule has 0 saturated carbocycles. The zero-order valence-corrected chi connectivity index (χ0v) is 14.4. The first kappa shape index (κ1) is 16.3. The molecule has 0 bridgehead atoms. The van der Waals surface area contributed by atoms with E-state index in [1.165, 1.54) is 0 Å². The SMILES string of the molecule is Cc1ccc(Cl)c(S(=O)(=O)NC2CCCc3cc(N)ccc32)c1. The number of sulfonamides is 1. The molecule has 0 aromatic heterocycles. The van der Waals surface area contributed by atoms with Crippen molar-refractivity contribution in [1.82, 2.24) is 4.72 Å². The van der Waals surface area contributed by atoms with Gasteiger partial charge in [0.25, 0.3) is 0 Å². The summed E-state index contributed by atoms with van der Waals surface area (Å²) >= 11 is 6.08. The van der Waals surface area contributed by atoms with Crippen molar-refractivity contribution in [2.24, 2.45) is 0 Å². The highest BCUT2D eigenvalue weighted by Gasteiger charge is 2.27. The highest BCUT2D eigenvalue weighted by atomic mass is 35.5. The Morgan fingerprint density at radius 1 is 1.22 bits per heavy atom. The Kier molecular flexibility index (Phi) is 4.36. The lowest BCUT2D eigenvalue weighted by Gasteiger charge is -2.26. The molecule has 0 fully saturated rings. The number of fused-ring (bicyclic) bond motifs is 1. The molecule has 2 aromatic rings. The number of benzene rings is 2. The number of hydrogen-bond donors (Lipinski definition) is 2. The van der Waals surface area contributed by atoms with Gasteiger partial charge in [0.1, 0.15) is 4.90 Å². The molecule has 0 saturated heterocycles. The van der Waals surface area contributed by atoms with E-state index in [2.05, 4.69) is 4.72 Å². The second-order valence-electron chi connectivity index (χ2n) is 5.96. The van der Waals surface area contributed by atoms with E-state index in [4.69, 9.17) is 17.3 Å². The highest BCUT2D eigenvalue weighted by Crippen LogP contribution is 2.33. The normalized spacial score (nSPS) is 17.7. The van der Waals surface area contributed by atoms with Crippen LogP contribution in [-0.2, 0) is 16.4 Å². The quantitative estimate of drug-likeness (QED) is 0.831. The van der Waals surface area contributed by atoms with E-state index in [9.17, 15) is 8.42 Å². The van der Waals surface area contributed by atoms with E-state index in [-0.39, 0.29) is 16.0 Å². The smallest absolute Gasteiger partial charge is 0.242 e. The van der Waals surface area contributed by atoms with Crippen LogP contribution in [-0.4, -0.2) is 8.42 Å². The summed E-state index contributed by atoms with van der Waals surface area (Å²) in [5.41, 5.74) is 9.49. The minimum atomic E-state index is -3.68. The average molecular weight is 351 g/mol. The topological polar surface area (TPSA) is 72.2 Å². The first-order valence-electron chi connectivity index (χ1n) is 7.53. The summed E-state index contributed by atoms with van der Waals surface area (Å²) in [4.78, 5) is 0.127. The molecule has 6 heteroatoms. The maximum absolute atomic E-state index is 12.7. The Morgan fingerprint density at radius 3 is 2.78 bits per heavy atom. The van der Waals surface area contributed by atoms with Gasteiger partial charge in [-0.1, -0.05) is 23.7 Å². The lowest BCUT2D eigenvalue weighted by Crippen LogP contribution is -2.31. The molecule has 1 aliphatic carbocycles. The van der Waals surface area contributed by atoms with Crippen molar-refractivity contribution >= 4 is 27.3 Å². The number of nitrogen functional groups attached to an aromatic ring is 1. The second kappa shape index (κ2) is 6.15. The van der Waals surface area contributed by atoms with Crippen LogP contribution < -0.4 is 10.5 Å². The fourth-order valence-electron chi connectivity index (χ4n) is 3.02. The molecule has 122 valence electrons. The van der Waals surface area contributed by atoms with E-state index in [0.717, 1.165) is 36.0 Å². The van der Waals surface area contributed by atoms with E-state index in [0.29, 0.717) is 5.69 Å². The largest absolute Gasteiger partial charge is 0.399 e. The number of anilines is 1. The average Bonchev–Trinajstić information content (AvgIpc) is 2.49. The third-order valence-corrected chi connectivity index (χ3v) is 6.11. The molecule has 23 heavy (non-hydrogen) atoms. The molecule has 1 unspecified atom stereocenters. The molecule has 0 spiro atoms. The summed E-state index contributed by atoms with van der Waals surface area (Å²) in [6, 6.07) is 10.4. The van der Waals surface area contributed by atoms with E-state index in [1.807, 2.05) is 25.1 Å². The first-order chi connectivity index (χ1) is 10.9. The molecule has 0 radical (unpaired) electrons. The lowest BCUT2D eigenvalue weighted by molar-refractivity contribution is 0.507. The predicted molar refractivity (Wildman–Crippen MR) is 93.0 cm³/mol. The lowest BCUT2D eigenvalue weighted by atomic mass is 9.88. The van der Waals surface area contributed by atoms with Crippen molar-refractivity contribution in [3.05, 3.63) is 58.1 Å². The Bertz CT molecular complexity index is 850. The summed E-state index contributed by atoms with van der Waals surface area (Å²) < 4.78 is 28.3. The van der Waals surface area contributed by atoms with Gasteiger partial charge in [0.15, 0.2) is 0 Å². The molecule has 4 nitrogen and oxygen atoms in total. The Labute approximate surface area is 141 Å². The van der Waals surface area contributed by atoms with Crippen LogP contribution in [0.25, 0.3) is 0 Å². The van der Waals surface area contributed by atoms with Crippen LogP contribution in [0.15, 0.2) is 41.3 Å². The van der Waals surface area contributed by atoms with Crippen molar-refractivity contribution in [2.75, 3.05) is 5.73 Å². The molecule has 1 atom stereocenters. The van der Waals surface area contributed by atoms with Crippen LogP contribution in [0.4, 0.5) is 5.69 Å². The summed E-state index contributed by atoms with van der Waals surface area (Å²) in [6.45, 7) is 1.84. The van der Waals surface area contributed by atoms with E-state index >= 15 is 0 Å². The van der Waals surface area contributed by atoms with Gasteiger partial charge in [-0.2, -0.15) is 0 Å². The number of hydrogen-bond acceptors (Lipinski definition) is 3. The zero-order valence-electron chi connectivity index (χ0n) is 12.8. The van der Waals surface area contributed by atoms with E-state index < -0.39 is 10.0 Å². The van der Waals surface area contributed by atoms with Gasteiger partial charge in [-0.3, -0.25) is 0 Å². The third kappa shape index (κ3) is 3.37. The Balaban J connectivity index is 1.95.